The molecule has 1 nitrogen and oxygen atoms in total. The van der Waals surface area contributed by atoms with Gasteiger partial charge in [0.05, 0.1) is 0 Å². The molecule has 1 aliphatic rings. The van der Waals surface area contributed by atoms with Crippen LogP contribution in [0.4, 0.5) is 0 Å². The Morgan fingerprint density at radius 2 is 2.33 bits per heavy atom. The molecular formula is C11H17N. The predicted octanol–water partition coefficient (Wildman–Crippen LogP) is 2.78. The Labute approximate surface area is 74.9 Å². The largest absolute Gasteiger partial charge is 0.384 e. The van der Waals surface area contributed by atoms with E-state index in [1.807, 2.05) is 6.92 Å². The molecule has 0 radical (unpaired) electrons. The highest BCUT2D eigenvalue weighted by atomic mass is 14.9. The molecule has 1 heterocycles. The Morgan fingerprint density at radius 1 is 1.50 bits per heavy atom. The van der Waals surface area contributed by atoms with Crippen LogP contribution < -0.4 is 5.32 Å². The minimum Gasteiger partial charge on any atom is -0.384 e. The van der Waals surface area contributed by atoms with Crippen molar-refractivity contribution in [2.75, 3.05) is 6.54 Å². The van der Waals surface area contributed by atoms with Gasteiger partial charge < -0.3 is 5.32 Å². The van der Waals surface area contributed by atoms with Crippen LogP contribution in [-0.4, -0.2) is 6.54 Å². The van der Waals surface area contributed by atoms with Gasteiger partial charge in [-0.05, 0) is 31.4 Å². The van der Waals surface area contributed by atoms with Gasteiger partial charge in [0.25, 0.3) is 0 Å². The standard InChI is InChI=1S/C11H17N/c1-3-5-7-11-10(6-4-2)8-9-12-11/h3,5-7,12H,4,8-9H2,1-2H3/b5-3-,10-6-,11-7+. The SMILES string of the molecule is C\C=C/C=C1/NCC/C1=C/CC. The van der Waals surface area contributed by atoms with E-state index < -0.39 is 0 Å². The van der Waals surface area contributed by atoms with Crippen molar-refractivity contribution >= 4 is 0 Å². The van der Waals surface area contributed by atoms with Crippen molar-refractivity contribution in [2.24, 2.45) is 0 Å². The maximum absolute atomic E-state index is 3.37. The molecule has 0 unspecified atom stereocenters. The molecule has 12 heavy (non-hydrogen) atoms. The number of hydrogen-bond acceptors (Lipinski definition) is 1. The third kappa shape index (κ3) is 2.26. The van der Waals surface area contributed by atoms with Gasteiger partial charge in [-0.15, -0.1) is 0 Å². The molecule has 1 heteroatoms. The van der Waals surface area contributed by atoms with E-state index in [-0.39, 0.29) is 0 Å². The summed E-state index contributed by atoms with van der Waals surface area (Å²) in [6.07, 6.45) is 10.9. The first kappa shape index (κ1) is 9.11. The van der Waals surface area contributed by atoms with Crippen molar-refractivity contribution in [3.63, 3.8) is 0 Å². The van der Waals surface area contributed by atoms with Crippen molar-refractivity contribution in [1.29, 1.82) is 0 Å². The van der Waals surface area contributed by atoms with Crippen LogP contribution in [0, 0.1) is 0 Å². The summed E-state index contributed by atoms with van der Waals surface area (Å²) in [7, 11) is 0. The molecule has 0 aromatic rings. The van der Waals surface area contributed by atoms with Crippen molar-refractivity contribution < 1.29 is 0 Å². The predicted molar refractivity (Wildman–Crippen MR) is 53.9 cm³/mol. The van der Waals surface area contributed by atoms with E-state index in [2.05, 4.69) is 36.5 Å². The number of hydrogen-bond donors (Lipinski definition) is 1. The lowest BCUT2D eigenvalue weighted by atomic mass is 10.1. The Morgan fingerprint density at radius 3 is 3.00 bits per heavy atom. The fourth-order valence-electron chi connectivity index (χ4n) is 1.40. The van der Waals surface area contributed by atoms with E-state index in [1.165, 1.54) is 17.7 Å². The van der Waals surface area contributed by atoms with Crippen molar-refractivity contribution in [1.82, 2.24) is 5.32 Å². The second-order valence-electron chi connectivity index (χ2n) is 2.92. The van der Waals surface area contributed by atoms with Crippen LogP contribution >= 0.6 is 0 Å². The Kier molecular flexibility index (Phi) is 3.65. The topological polar surface area (TPSA) is 12.0 Å². The van der Waals surface area contributed by atoms with E-state index >= 15 is 0 Å². The minimum absolute atomic E-state index is 1.09. The van der Waals surface area contributed by atoms with Crippen LogP contribution in [0.25, 0.3) is 0 Å². The van der Waals surface area contributed by atoms with Gasteiger partial charge in [-0.25, -0.2) is 0 Å². The molecule has 0 aromatic carbocycles. The molecule has 1 saturated heterocycles. The first-order chi connectivity index (χ1) is 5.88. The zero-order chi connectivity index (χ0) is 8.81. The monoisotopic (exact) mass is 163 g/mol. The lowest BCUT2D eigenvalue weighted by molar-refractivity contribution is 0.914. The average molecular weight is 163 g/mol. The third-order valence-corrected chi connectivity index (χ3v) is 1.96. The van der Waals surface area contributed by atoms with Crippen molar-refractivity contribution in [2.45, 2.75) is 26.7 Å². The van der Waals surface area contributed by atoms with E-state index in [1.54, 1.807) is 0 Å². The maximum Gasteiger partial charge on any atom is 0.0370 e. The molecule has 1 fully saturated rings. The minimum atomic E-state index is 1.09. The van der Waals surface area contributed by atoms with Gasteiger partial charge in [-0.1, -0.05) is 25.2 Å². The molecule has 0 saturated carbocycles. The molecule has 0 aliphatic carbocycles. The molecule has 0 atom stereocenters. The molecule has 0 spiro atoms. The number of nitrogens with one attached hydrogen (secondary N) is 1. The number of allylic oxidation sites excluding steroid dienone is 5. The molecule has 0 amide bonds. The molecule has 1 aliphatic heterocycles. The lowest BCUT2D eigenvalue weighted by Crippen LogP contribution is -2.03. The second-order valence-corrected chi connectivity index (χ2v) is 2.92. The summed E-state index contributed by atoms with van der Waals surface area (Å²) in [5.41, 5.74) is 2.77. The first-order valence-electron chi connectivity index (χ1n) is 4.64. The van der Waals surface area contributed by atoms with Gasteiger partial charge >= 0.3 is 0 Å². The molecule has 1 rings (SSSR count). The van der Waals surface area contributed by atoms with E-state index in [0.717, 1.165) is 13.0 Å². The molecule has 0 aromatic heterocycles. The van der Waals surface area contributed by atoms with Crippen molar-refractivity contribution in [3.05, 3.63) is 35.6 Å². The average Bonchev–Trinajstić information content (AvgIpc) is 2.50. The fourth-order valence-corrected chi connectivity index (χ4v) is 1.40. The highest BCUT2D eigenvalue weighted by Gasteiger charge is 2.09. The zero-order valence-corrected chi connectivity index (χ0v) is 7.93. The van der Waals surface area contributed by atoms with E-state index in [9.17, 15) is 0 Å². The van der Waals surface area contributed by atoms with Gasteiger partial charge in [0.2, 0.25) is 0 Å². The molecule has 66 valence electrons. The summed E-state index contributed by atoms with van der Waals surface area (Å²) in [4.78, 5) is 0. The van der Waals surface area contributed by atoms with Gasteiger partial charge in [-0.2, -0.15) is 0 Å². The van der Waals surface area contributed by atoms with Gasteiger partial charge in [0.15, 0.2) is 0 Å². The van der Waals surface area contributed by atoms with Gasteiger partial charge in [-0.3, -0.25) is 0 Å². The van der Waals surface area contributed by atoms with Crippen LogP contribution in [0.1, 0.15) is 26.7 Å². The maximum atomic E-state index is 3.37. The van der Waals surface area contributed by atoms with Gasteiger partial charge in [0, 0.05) is 12.2 Å². The van der Waals surface area contributed by atoms with Crippen LogP contribution in [0.5, 0.6) is 0 Å². The van der Waals surface area contributed by atoms with E-state index in [0.29, 0.717) is 0 Å². The van der Waals surface area contributed by atoms with Crippen LogP contribution in [0.2, 0.25) is 0 Å². The van der Waals surface area contributed by atoms with Gasteiger partial charge in [0.1, 0.15) is 0 Å². The van der Waals surface area contributed by atoms with Crippen LogP contribution in [-0.2, 0) is 0 Å². The summed E-state index contributed by atoms with van der Waals surface area (Å²) >= 11 is 0. The Bertz CT molecular complexity index is 221. The Hall–Kier alpha value is -0.980. The van der Waals surface area contributed by atoms with E-state index in [4.69, 9.17) is 0 Å². The summed E-state index contributed by atoms with van der Waals surface area (Å²) in [5, 5.41) is 3.37. The van der Waals surface area contributed by atoms with Crippen molar-refractivity contribution in [3.8, 4) is 0 Å². The highest BCUT2D eigenvalue weighted by molar-refractivity contribution is 5.35. The van der Waals surface area contributed by atoms with Crippen LogP contribution in [0.3, 0.4) is 0 Å². The third-order valence-electron chi connectivity index (χ3n) is 1.96. The number of rotatable bonds is 2. The summed E-state index contributed by atoms with van der Waals surface area (Å²) in [6, 6.07) is 0. The normalized spacial score (nSPS) is 24.2. The zero-order valence-electron chi connectivity index (χ0n) is 7.93. The summed E-state index contributed by atoms with van der Waals surface area (Å²) in [6.45, 7) is 5.31. The lowest BCUT2D eigenvalue weighted by Gasteiger charge is -1.98. The smallest absolute Gasteiger partial charge is 0.0370 e. The fraction of sp³-hybridized carbons (Fsp3) is 0.455. The highest BCUT2D eigenvalue weighted by Crippen LogP contribution is 2.18. The molecule has 0 bridgehead atoms. The van der Waals surface area contributed by atoms with Crippen LogP contribution in [0.15, 0.2) is 35.6 Å². The summed E-state index contributed by atoms with van der Waals surface area (Å²) < 4.78 is 0. The Balaban J connectivity index is 2.70. The quantitative estimate of drug-likeness (QED) is 0.660. The molecular weight excluding hydrogens is 146 g/mol. The summed E-state index contributed by atoms with van der Waals surface area (Å²) in [5.74, 6) is 0. The molecule has 1 N–H and O–H groups in total. The second kappa shape index (κ2) is 4.81. The first-order valence-corrected chi connectivity index (χ1v) is 4.64.